The fourth-order valence-electron chi connectivity index (χ4n) is 1.79. The topological polar surface area (TPSA) is 55.1 Å². The van der Waals surface area contributed by atoms with Gasteiger partial charge in [0.1, 0.15) is 0 Å². The molecule has 1 unspecified atom stereocenters. The Kier molecular flexibility index (Phi) is 5.15. The summed E-state index contributed by atoms with van der Waals surface area (Å²) < 4.78 is 0. The first kappa shape index (κ1) is 15.7. The first-order chi connectivity index (χ1) is 9.97. The average molecular weight is 321 g/mol. The van der Waals surface area contributed by atoms with Crippen LogP contribution in [0, 0.1) is 6.92 Å². The molecule has 0 heterocycles. The van der Waals surface area contributed by atoms with Crippen LogP contribution in [0.1, 0.15) is 12.5 Å². The van der Waals surface area contributed by atoms with E-state index in [0.29, 0.717) is 10.7 Å². The van der Waals surface area contributed by atoms with Crippen LogP contribution in [-0.4, -0.2) is 11.2 Å². The SMILES string of the molecule is Cc1ccc(N)cc1NC(=O)C(C)Sc1ccccc1Cl. The molecule has 3 N–H and O–H groups in total. The summed E-state index contributed by atoms with van der Waals surface area (Å²) >= 11 is 7.54. The highest BCUT2D eigenvalue weighted by Crippen LogP contribution is 2.30. The van der Waals surface area contributed by atoms with E-state index < -0.39 is 0 Å². The van der Waals surface area contributed by atoms with Crippen molar-refractivity contribution >= 4 is 40.6 Å². The van der Waals surface area contributed by atoms with Crippen molar-refractivity contribution in [1.29, 1.82) is 0 Å². The third-order valence-corrected chi connectivity index (χ3v) is 4.65. The normalized spacial score (nSPS) is 12.0. The average Bonchev–Trinajstić information content (AvgIpc) is 2.45. The number of amides is 1. The molecule has 1 amide bonds. The Morgan fingerprint density at radius 2 is 2.00 bits per heavy atom. The molecule has 0 aliphatic heterocycles. The number of hydrogen-bond donors (Lipinski definition) is 2. The second-order valence-corrected chi connectivity index (χ2v) is 6.54. The van der Waals surface area contributed by atoms with E-state index in [0.717, 1.165) is 16.1 Å². The Hall–Kier alpha value is -1.65. The van der Waals surface area contributed by atoms with Crippen LogP contribution in [0.25, 0.3) is 0 Å². The van der Waals surface area contributed by atoms with E-state index in [4.69, 9.17) is 17.3 Å². The minimum atomic E-state index is -0.259. The minimum absolute atomic E-state index is 0.0754. The van der Waals surface area contributed by atoms with Crippen LogP contribution in [0.2, 0.25) is 5.02 Å². The lowest BCUT2D eigenvalue weighted by Crippen LogP contribution is -2.22. The quantitative estimate of drug-likeness (QED) is 0.650. The zero-order valence-corrected chi connectivity index (χ0v) is 13.5. The predicted octanol–water partition coefficient (Wildman–Crippen LogP) is 4.35. The molecule has 3 nitrogen and oxygen atoms in total. The molecule has 0 spiro atoms. The van der Waals surface area contributed by atoms with E-state index in [9.17, 15) is 4.79 Å². The van der Waals surface area contributed by atoms with Gasteiger partial charge in [0, 0.05) is 16.3 Å². The van der Waals surface area contributed by atoms with E-state index in [1.807, 2.05) is 50.2 Å². The van der Waals surface area contributed by atoms with Crippen molar-refractivity contribution in [2.75, 3.05) is 11.1 Å². The maximum absolute atomic E-state index is 12.3. The number of nitrogens with two attached hydrogens (primary N) is 1. The van der Waals surface area contributed by atoms with Crippen LogP contribution >= 0.6 is 23.4 Å². The highest BCUT2D eigenvalue weighted by atomic mass is 35.5. The predicted molar refractivity (Wildman–Crippen MR) is 91.0 cm³/mol. The second-order valence-electron chi connectivity index (χ2n) is 4.75. The number of hydrogen-bond acceptors (Lipinski definition) is 3. The number of nitrogens with one attached hydrogen (secondary N) is 1. The molecule has 1 atom stereocenters. The zero-order valence-electron chi connectivity index (χ0n) is 11.9. The number of anilines is 2. The maximum atomic E-state index is 12.3. The largest absolute Gasteiger partial charge is 0.399 e. The Morgan fingerprint density at radius 3 is 2.71 bits per heavy atom. The van der Waals surface area contributed by atoms with Gasteiger partial charge in [-0.15, -0.1) is 11.8 Å². The third-order valence-electron chi connectivity index (χ3n) is 3.03. The van der Waals surface area contributed by atoms with E-state index in [1.165, 1.54) is 11.8 Å². The Labute approximate surface area is 133 Å². The molecule has 0 saturated carbocycles. The van der Waals surface area contributed by atoms with Crippen molar-refractivity contribution in [1.82, 2.24) is 0 Å². The summed E-state index contributed by atoms with van der Waals surface area (Å²) in [6.07, 6.45) is 0. The first-order valence-corrected chi connectivity index (χ1v) is 7.81. The van der Waals surface area contributed by atoms with Crippen LogP contribution in [0.15, 0.2) is 47.4 Å². The van der Waals surface area contributed by atoms with Gasteiger partial charge in [0.25, 0.3) is 0 Å². The van der Waals surface area contributed by atoms with Gasteiger partial charge in [0.2, 0.25) is 5.91 Å². The van der Waals surface area contributed by atoms with Gasteiger partial charge in [-0.2, -0.15) is 0 Å². The fourth-order valence-corrected chi connectivity index (χ4v) is 2.95. The molecule has 2 rings (SSSR count). The number of carbonyl (C=O) groups excluding carboxylic acids is 1. The van der Waals surface area contributed by atoms with Crippen LogP contribution in [-0.2, 0) is 4.79 Å². The van der Waals surface area contributed by atoms with Crippen LogP contribution < -0.4 is 11.1 Å². The highest BCUT2D eigenvalue weighted by Gasteiger charge is 2.16. The molecule has 5 heteroatoms. The van der Waals surface area contributed by atoms with Crippen molar-refractivity contribution in [3.63, 3.8) is 0 Å². The Morgan fingerprint density at radius 1 is 1.29 bits per heavy atom. The lowest BCUT2D eigenvalue weighted by Gasteiger charge is -2.14. The van der Waals surface area contributed by atoms with Gasteiger partial charge >= 0.3 is 0 Å². The van der Waals surface area contributed by atoms with Gasteiger partial charge in [-0.05, 0) is 43.7 Å². The summed E-state index contributed by atoms with van der Waals surface area (Å²) in [5.74, 6) is -0.0754. The molecule has 0 fully saturated rings. The molecule has 0 radical (unpaired) electrons. The molecule has 2 aromatic carbocycles. The molecule has 0 aliphatic carbocycles. The van der Waals surface area contributed by atoms with Crippen molar-refractivity contribution in [2.24, 2.45) is 0 Å². The van der Waals surface area contributed by atoms with Crippen LogP contribution in [0.4, 0.5) is 11.4 Å². The summed E-state index contributed by atoms with van der Waals surface area (Å²) in [5.41, 5.74) is 8.10. The minimum Gasteiger partial charge on any atom is -0.399 e. The lowest BCUT2D eigenvalue weighted by atomic mass is 10.2. The van der Waals surface area contributed by atoms with Gasteiger partial charge in [0.15, 0.2) is 0 Å². The Bertz CT molecular complexity index is 660. The lowest BCUT2D eigenvalue weighted by molar-refractivity contribution is -0.115. The first-order valence-electron chi connectivity index (χ1n) is 6.55. The summed E-state index contributed by atoms with van der Waals surface area (Å²) in [6.45, 7) is 3.78. The highest BCUT2D eigenvalue weighted by molar-refractivity contribution is 8.00. The van der Waals surface area contributed by atoms with Crippen LogP contribution in [0.3, 0.4) is 0 Å². The molecule has 2 aromatic rings. The molecule has 0 aromatic heterocycles. The molecule has 0 aliphatic rings. The molecular formula is C16H17ClN2OS. The van der Waals surface area contributed by atoms with E-state index in [2.05, 4.69) is 5.32 Å². The number of nitrogen functional groups attached to an aromatic ring is 1. The van der Waals surface area contributed by atoms with Crippen LogP contribution in [0.5, 0.6) is 0 Å². The van der Waals surface area contributed by atoms with E-state index >= 15 is 0 Å². The smallest absolute Gasteiger partial charge is 0.237 e. The molecular weight excluding hydrogens is 304 g/mol. The van der Waals surface area contributed by atoms with Gasteiger partial charge in [-0.25, -0.2) is 0 Å². The second kappa shape index (κ2) is 6.87. The van der Waals surface area contributed by atoms with Crippen molar-refractivity contribution < 1.29 is 4.79 Å². The molecule has 21 heavy (non-hydrogen) atoms. The summed E-state index contributed by atoms with van der Waals surface area (Å²) in [5, 5.41) is 3.30. The molecule has 110 valence electrons. The third kappa shape index (κ3) is 4.16. The number of carbonyl (C=O) groups is 1. The number of aryl methyl sites for hydroxylation is 1. The zero-order chi connectivity index (χ0) is 15.4. The summed E-state index contributed by atoms with van der Waals surface area (Å²) in [7, 11) is 0. The standard InChI is InChI=1S/C16H17ClN2OS/c1-10-7-8-12(18)9-14(10)19-16(20)11(2)21-15-6-4-3-5-13(15)17/h3-9,11H,18H2,1-2H3,(H,19,20). The van der Waals surface area contributed by atoms with Gasteiger partial charge < -0.3 is 11.1 Å². The number of halogens is 1. The summed E-state index contributed by atoms with van der Waals surface area (Å²) in [6, 6.07) is 13.0. The van der Waals surface area contributed by atoms with Crippen molar-refractivity contribution in [3.8, 4) is 0 Å². The van der Waals surface area contributed by atoms with Crippen molar-refractivity contribution in [2.45, 2.75) is 24.0 Å². The van der Waals surface area contributed by atoms with E-state index in [1.54, 1.807) is 6.07 Å². The molecule has 0 saturated heterocycles. The van der Waals surface area contributed by atoms with Gasteiger partial charge in [-0.3, -0.25) is 4.79 Å². The Balaban J connectivity index is 2.06. The van der Waals surface area contributed by atoms with Crippen molar-refractivity contribution in [3.05, 3.63) is 53.1 Å². The monoisotopic (exact) mass is 320 g/mol. The van der Waals surface area contributed by atoms with Gasteiger partial charge in [0.05, 0.1) is 10.3 Å². The number of rotatable bonds is 4. The van der Waals surface area contributed by atoms with Gasteiger partial charge in [-0.1, -0.05) is 29.8 Å². The summed E-state index contributed by atoms with van der Waals surface area (Å²) in [4.78, 5) is 13.2. The number of thioether (sulfide) groups is 1. The maximum Gasteiger partial charge on any atom is 0.237 e. The van der Waals surface area contributed by atoms with E-state index in [-0.39, 0.29) is 11.2 Å². The fraction of sp³-hybridized carbons (Fsp3) is 0.188. The number of benzene rings is 2. The molecule has 0 bridgehead atoms.